The summed E-state index contributed by atoms with van der Waals surface area (Å²) in [7, 11) is 0. The summed E-state index contributed by atoms with van der Waals surface area (Å²) in [6, 6.07) is 7.67. The molecule has 0 saturated carbocycles. The summed E-state index contributed by atoms with van der Waals surface area (Å²) >= 11 is 3.92. The molecule has 1 fully saturated rings. The second-order valence-corrected chi connectivity index (χ2v) is 7.67. The minimum Gasteiger partial charge on any atom is -0.439 e. The number of rotatable bonds is 5. The molecule has 1 aliphatic rings. The van der Waals surface area contributed by atoms with Crippen LogP contribution in [0.15, 0.2) is 36.5 Å². The highest BCUT2D eigenvalue weighted by Crippen LogP contribution is 2.25. The Morgan fingerprint density at radius 3 is 2.67 bits per heavy atom. The molecule has 0 amide bonds. The SMILES string of the molecule is Fc1ccc(Oc2ncccc2CNC2CSCCSC2)cc1F. The van der Waals surface area contributed by atoms with Crippen molar-refractivity contribution in [2.45, 2.75) is 12.6 Å². The predicted octanol–water partition coefficient (Wildman–Crippen LogP) is 4.09. The van der Waals surface area contributed by atoms with Gasteiger partial charge < -0.3 is 10.1 Å². The first-order valence-corrected chi connectivity index (χ1v) is 9.99. The first kappa shape index (κ1) is 17.5. The summed E-state index contributed by atoms with van der Waals surface area (Å²) in [6.07, 6.45) is 1.62. The smallest absolute Gasteiger partial charge is 0.223 e. The molecule has 128 valence electrons. The van der Waals surface area contributed by atoms with Gasteiger partial charge in [0, 0.05) is 53.4 Å². The lowest BCUT2D eigenvalue weighted by atomic mass is 10.2. The Labute approximate surface area is 148 Å². The van der Waals surface area contributed by atoms with Crippen LogP contribution in [0.1, 0.15) is 5.56 Å². The van der Waals surface area contributed by atoms with Gasteiger partial charge in [-0.25, -0.2) is 13.8 Å². The number of halogens is 2. The number of aromatic nitrogens is 1. The third kappa shape index (κ3) is 4.84. The molecule has 2 heterocycles. The molecule has 0 bridgehead atoms. The normalized spacial score (nSPS) is 15.9. The van der Waals surface area contributed by atoms with Crippen molar-refractivity contribution in [2.75, 3.05) is 23.0 Å². The quantitative estimate of drug-likeness (QED) is 0.860. The van der Waals surface area contributed by atoms with Crippen molar-refractivity contribution in [1.29, 1.82) is 0 Å². The highest BCUT2D eigenvalue weighted by atomic mass is 32.2. The summed E-state index contributed by atoms with van der Waals surface area (Å²) in [5, 5.41) is 3.53. The fourth-order valence-corrected chi connectivity index (χ4v) is 4.76. The highest BCUT2D eigenvalue weighted by molar-refractivity contribution is 8.03. The van der Waals surface area contributed by atoms with E-state index >= 15 is 0 Å². The van der Waals surface area contributed by atoms with Gasteiger partial charge in [-0.2, -0.15) is 23.5 Å². The summed E-state index contributed by atoms with van der Waals surface area (Å²) in [4.78, 5) is 4.22. The molecule has 1 N–H and O–H groups in total. The molecule has 1 aliphatic heterocycles. The summed E-state index contributed by atoms with van der Waals surface area (Å²) in [5.41, 5.74) is 0.890. The van der Waals surface area contributed by atoms with E-state index in [0.717, 1.165) is 29.2 Å². The number of pyridine rings is 1. The van der Waals surface area contributed by atoms with Crippen molar-refractivity contribution in [2.24, 2.45) is 0 Å². The number of ether oxygens (including phenoxy) is 1. The predicted molar refractivity (Wildman–Crippen MR) is 95.9 cm³/mol. The number of hydrogen-bond donors (Lipinski definition) is 1. The zero-order valence-corrected chi connectivity index (χ0v) is 14.6. The monoisotopic (exact) mass is 368 g/mol. The molecule has 3 rings (SSSR count). The van der Waals surface area contributed by atoms with Crippen LogP contribution in [0.5, 0.6) is 11.6 Å². The molecular weight excluding hydrogens is 350 g/mol. The van der Waals surface area contributed by atoms with E-state index in [4.69, 9.17) is 4.74 Å². The molecule has 1 aromatic heterocycles. The maximum Gasteiger partial charge on any atom is 0.223 e. The van der Waals surface area contributed by atoms with Crippen LogP contribution in [-0.2, 0) is 6.54 Å². The van der Waals surface area contributed by atoms with Gasteiger partial charge in [-0.3, -0.25) is 0 Å². The van der Waals surface area contributed by atoms with Crippen molar-refractivity contribution in [3.05, 3.63) is 53.7 Å². The van der Waals surface area contributed by atoms with E-state index in [9.17, 15) is 8.78 Å². The molecular formula is C17H18F2N2OS2. The topological polar surface area (TPSA) is 34.1 Å². The van der Waals surface area contributed by atoms with Crippen LogP contribution in [0.3, 0.4) is 0 Å². The summed E-state index contributed by atoms with van der Waals surface area (Å²) in [6.45, 7) is 0.624. The van der Waals surface area contributed by atoms with Crippen LogP contribution in [0.25, 0.3) is 0 Å². The second kappa shape index (κ2) is 8.69. The fraction of sp³-hybridized carbons (Fsp3) is 0.353. The Bertz CT molecular complexity index is 679. The molecule has 7 heteroatoms. The van der Waals surface area contributed by atoms with E-state index in [1.54, 1.807) is 6.20 Å². The van der Waals surface area contributed by atoms with Crippen molar-refractivity contribution >= 4 is 23.5 Å². The van der Waals surface area contributed by atoms with E-state index in [1.807, 2.05) is 35.7 Å². The minimum atomic E-state index is -0.935. The van der Waals surface area contributed by atoms with Gasteiger partial charge in [0.15, 0.2) is 11.6 Å². The lowest BCUT2D eigenvalue weighted by molar-refractivity contribution is 0.438. The standard InChI is InChI=1S/C17H18F2N2OS2/c18-15-4-3-14(8-16(15)19)22-17-12(2-1-5-20-17)9-21-13-10-23-6-7-24-11-13/h1-5,8,13,21H,6-7,9-11H2. The number of hydrogen-bond acceptors (Lipinski definition) is 5. The molecule has 0 unspecified atom stereocenters. The second-order valence-electron chi connectivity index (χ2n) is 5.37. The molecule has 0 atom stereocenters. The van der Waals surface area contributed by atoms with Gasteiger partial charge >= 0.3 is 0 Å². The van der Waals surface area contributed by atoms with Crippen molar-refractivity contribution < 1.29 is 13.5 Å². The molecule has 0 spiro atoms. The number of nitrogens with one attached hydrogen (secondary N) is 1. The molecule has 24 heavy (non-hydrogen) atoms. The van der Waals surface area contributed by atoms with Crippen LogP contribution in [-0.4, -0.2) is 34.0 Å². The first-order chi connectivity index (χ1) is 11.7. The Morgan fingerprint density at radius 2 is 1.92 bits per heavy atom. The molecule has 2 aromatic rings. The Morgan fingerprint density at radius 1 is 1.12 bits per heavy atom. The van der Waals surface area contributed by atoms with Crippen molar-refractivity contribution in [3.63, 3.8) is 0 Å². The number of benzene rings is 1. The van der Waals surface area contributed by atoms with Gasteiger partial charge in [0.05, 0.1) is 0 Å². The third-order valence-corrected chi connectivity index (χ3v) is 6.07. The van der Waals surface area contributed by atoms with E-state index in [1.165, 1.54) is 17.6 Å². The molecule has 1 aromatic carbocycles. The number of nitrogens with zero attached hydrogens (tertiary/aromatic N) is 1. The van der Waals surface area contributed by atoms with Gasteiger partial charge in [0.25, 0.3) is 0 Å². The Kier molecular flexibility index (Phi) is 6.34. The van der Waals surface area contributed by atoms with E-state index in [0.29, 0.717) is 18.5 Å². The van der Waals surface area contributed by atoms with E-state index < -0.39 is 11.6 Å². The average Bonchev–Trinajstić information content (AvgIpc) is 2.86. The zero-order valence-electron chi connectivity index (χ0n) is 13.0. The van der Waals surface area contributed by atoms with Crippen LogP contribution in [0, 0.1) is 11.6 Å². The zero-order chi connectivity index (χ0) is 16.8. The lowest BCUT2D eigenvalue weighted by Crippen LogP contribution is -2.32. The van der Waals surface area contributed by atoms with Crippen molar-refractivity contribution in [1.82, 2.24) is 10.3 Å². The van der Waals surface area contributed by atoms with E-state index in [-0.39, 0.29) is 5.75 Å². The van der Waals surface area contributed by atoms with E-state index in [2.05, 4.69) is 10.3 Å². The maximum atomic E-state index is 13.3. The lowest BCUT2D eigenvalue weighted by Gasteiger charge is -2.16. The first-order valence-electron chi connectivity index (χ1n) is 7.68. The Hall–Kier alpha value is -1.31. The number of thioether (sulfide) groups is 2. The molecule has 3 nitrogen and oxygen atoms in total. The molecule has 1 saturated heterocycles. The molecule has 0 aliphatic carbocycles. The highest BCUT2D eigenvalue weighted by Gasteiger charge is 2.14. The van der Waals surface area contributed by atoms with Gasteiger partial charge in [-0.05, 0) is 18.2 Å². The van der Waals surface area contributed by atoms with Gasteiger partial charge in [0.1, 0.15) is 5.75 Å². The van der Waals surface area contributed by atoms with Crippen LogP contribution < -0.4 is 10.1 Å². The average molecular weight is 368 g/mol. The van der Waals surface area contributed by atoms with Crippen LogP contribution in [0.2, 0.25) is 0 Å². The summed E-state index contributed by atoms with van der Waals surface area (Å²) in [5.74, 6) is 3.38. The van der Waals surface area contributed by atoms with Gasteiger partial charge in [-0.1, -0.05) is 6.07 Å². The Balaban J connectivity index is 1.67. The summed E-state index contributed by atoms with van der Waals surface area (Å²) < 4.78 is 32.0. The minimum absolute atomic E-state index is 0.231. The fourth-order valence-electron chi connectivity index (χ4n) is 2.29. The maximum absolute atomic E-state index is 13.3. The molecule has 0 radical (unpaired) electrons. The van der Waals surface area contributed by atoms with Crippen LogP contribution in [0.4, 0.5) is 8.78 Å². The van der Waals surface area contributed by atoms with Crippen molar-refractivity contribution in [3.8, 4) is 11.6 Å². The third-order valence-electron chi connectivity index (χ3n) is 3.55. The van der Waals surface area contributed by atoms with Crippen LogP contribution >= 0.6 is 23.5 Å². The largest absolute Gasteiger partial charge is 0.439 e. The van der Waals surface area contributed by atoms with Gasteiger partial charge in [0.2, 0.25) is 5.88 Å². The van der Waals surface area contributed by atoms with Gasteiger partial charge in [-0.15, -0.1) is 0 Å².